The fraction of sp³-hybridized carbons (Fsp3) is 0.905. The van der Waals surface area contributed by atoms with Gasteiger partial charge >= 0.3 is 0 Å². The van der Waals surface area contributed by atoms with Crippen molar-refractivity contribution in [2.45, 2.75) is 143 Å². The Morgan fingerprint density at radius 1 is 0.938 bits per heavy atom. The summed E-state index contributed by atoms with van der Waals surface area (Å²) < 4.78 is 24.0. The number of unbranched alkanes of at least 4 members (excludes halogenated alkanes) is 3. The highest BCUT2D eigenvalue weighted by Gasteiger charge is 2.68. The van der Waals surface area contributed by atoms with Gasteiger partial charge in [-0.3, -0.25) is 0 Å². The van der Waals surface area contributed by atoms with E-state index in [1.807, 2.05) is 0 Å². The molecule has 1 saturated heterocycles. The third kappa shape index (κ3) is 6.58. The van der Waals surface area contributed by atoms with E-state index in [9.17, 15) is 8.42 Å². The standard InChI is InChI=1S/C42H72N2O3S/c1-31(2)32-16-21-42(43-24-25-44-26-29-48(46,47)30-27-44)23-22-40(6)35(37(32)42)14-15-36-39(5,18-12-19-41(36,40)7)20-17-34-33(38(34,3)4)13-10-8-9-11-28-45/h17,32-33,35-37,43,45H,1,8-16,18-30H2,2-7H3/b34-17+/t32-,33?,35+,36+,37+,39+,40+,41+,42-/m0/s1. The van der Waals surface area contributed by atoms with Crippen LogP contribution in [0.25, 0.3) is 0 Å². The maximum Gasteiger partial charge on any atom is 0.152 e. The van der Waals surface area contributed by atoms with Crippen molar-refractivity contribution >= 4 is 9.84 Å². The van der Waals surface area contributed by atoms with Crippen LogP contribution >= 0.6 is 0 Å². The predicted molar refractivity (Wildman–Crippen MR) is 201 cm³/mol. The SMILES string of the molecule is C=C(C)[C@@H]1CC[C@]2(NCCN3CCS(=O)(=O)CC3)CC[C@]3(C)[C@H](CC[C@@H]4[C@@](C)(C/C=C5\C(CCCCCCO)C5(C)C)CCC[C@]43C)[C@@H]12. The number of aliphatic hydroxyl groups is 1. The minimum absolute atomic E-state index is 0.200. The van der Waals surface area contributed by atoms with Gasteiger partial charge in [0.25, 0.3) is 0 Å². The average Bonchev–Trinajstić information content (AvgIpc) is 3.33. The van der Waals surface area contributed by atoms with Gasteiger partial charge in [0.05, 0.1) is 11.5 Å². The Kier molecular flexibility index (Phi) is 10.6. The second kappa shape index (κ2) is 13.7. The first kappa shape index (κ1) is 37.1. The molecule has 0 radical (unpaired) electrons. The molecule has 0 bridgehead atoms. The zero-order chi connectivity index (χ0) is 34.6. The molecule has 0 aromatic carbocycles. The van der Waals surface area contributed by atoms with Crippen molar-refractivity contribution in [2.24, 2.45) is 51.2 Å². The third-order valence-electron chi connectivity index (χ3n) is 16.5. The highest BCUT2D eigenvalue weighted by molar-refractivity contribution is 7.91. The Labute approximate surface area is 295 Å². The molecule has 6 aliphatic rings. The van der Waals surface area contributed by atoms with Gasteiger partial charge < -0.3 is 15.3 Å². The van der Waals surface area contributed by atoms with Crippen molar-refractivity contribution in [3.63, 3.8) is 0 Å². The lowest BCUT2D eigenvalue weighted by atomic mass is 9.36. The van der Waals surface area contributed by atoms with Crippen molar-refractivity contribution in [1.82, 2.24) is 10.2 Å². The molecule has 0 spiro atoms. The zero-order valence-electron chi connectivity index (χ0n) is 31.8. The molecule has 6 fully saturated rings. The van der Waals surface area contributed by atoms with Crippen LogP contribution in [-0.4, -0.2) is 68.3 Å². The zero-order valence-corrected chi connectivity index (χ0v) is 32.7. The van der Waals surface area contributed by atoms with E-state index >= 15 is 0 Å². The van der Waals surface area contributed by atoms with Crippen LogP contribution in [0.2, 0.25) is 0 Å². The van der Waals surface area contributed by atoms with Crippen LogP contribution in [0.15, 0.2) is 23.8 Å². The van der Waals surface area contributed by atoms with Crippen LogP contribution in [-0.2, 0) is 9.84 Å². The maximum atomic E-state index is 12.0. The van der Waals surface area contributed by atoms with E-state index in [4.69, 9.17) is 5.11 Å². The Balaban J connectivity index is 1.16. The molecule has 5 aliphatic carbocycles. The summed E-state index contributed by atoms with van der Waals surface area (Å²) in [7, 11) is -2.84. The van der Waals surface area contributed by atoms with E-state index in [0.29, 0.717) is 64.7 Å². The van der Waals surface area contributed by atoms with Crippen molar-refractivity contribution in [2.75, 3.05) is 44.3 Å². The summed E-state index contributed by atoms with van der Waals surface area (Å²) in [6.45, 7) is 23.7. The van der Waals surface area contributed by atoms with Crippen molar-refractivity contribution in [3.8, 4) is 0 Å². The van der Waals surface area contributed by atoms with Crippen LogP contribution in [0.5, 0.6) is 0 Å². The number of rotatable bonds is 13. The second-order valence-electron chi connectivity index (χ2n) is 19.2. The smallest absolute Gasteiger partial charge is 0.152 e. The molecule has 1 unspecified atom stereocenters. The Hall–Kier alpha value is -0.690. The molecule has 274 valence electrons. The highest BCUT2D eigenvalue weighted by atomic mass is 32.2. The third-order valence-corrected chi connectivity index (χ3v) is 18.1. The molecular weight excluding hydrogens is 613 g/mol. The maximum absolute atomic E-state index is 12.0. The summed E-state index contributed by atoms with van der Waals surface area (Å²) in [4.78, 5) is 2.37. The molecular formula is C42H72N2O3S. The summed E-state index contributed by atoms with van der Waals surface area (Å²) in [6, 6.07) is 0. The molecule has 1 heterocycles. The fourth-order valence-electron chi connectivity index (χ4n) is 13.3. The molecule has 5 nitrogen and oxygen atoms in total. The summed E-state index contributed by atoms with van der Waals surface area (Å²) in [5.41, 5.74) is 4.84. The number of aliphatic hydroxyl groups excluding tert-OH is 1. The normalized spacial score (nSPS) is 44.1. The lowest BCUT2D eigenvalue weighted by Crippen LogP contribution is -2.66. The van der Waals surface area contributed by atoms with Gasteiger partial charge in [0.15, 0.2) is 9.84 Å². The van der Waals surface area contributed by atoms with E-state index < -0.39 is 9.84 Å². The van der Waals surface area contributed by atoms with Crippen molar-refractivity contribution in [1.29, 1.82) is 0 Å². The lowest BCUT2D eigenvalue weighted by molar-refractivity contribution is -0.197. The van der Waals surface area contributed by atoms with Crippen molar-refractivity contribution in [3.05, 3.63) is 23.8 Å². The van der Waals surface area contributed by atoms with E-state index in [2.05, 4.69) is 64.4 Å². The van der Waals surface area contributed by atoms with Crippen LogP contribution < -0.4 is 5.32 Å². The van der Waals surface area contributed by atoms with Gasteiger partial charge in [-0.2, -0.15) is 0 Å². The number of hydrogen-bond donors (Lipinski definition) is 2. The van der Waals surface area contributed by atoms with E-state index in [1.165, 1.54) is 95.5 Å². The van der Waals surface area contributed by atoms with Crippen LogP contribution in [0.3, 0.4) is 0 Å². The minimum Gasteiger partial charge on any atom is -0.396 e. The van der Waals surface area contributed by atoms with E-state index in [-0.39, 0.29) is 5.54 Å². The molecule has 48 heavy (non-hydrogen) atoms. The number of allylic oxidation sites excluding steroid dienone is 3. The van der Waals surface area contributed by atoms with Gasteiger partial charge in [0.2, 0.25) is 0 Å². The summed E-state index contributed by atoms with van der Waals surface area (Å²) in [5, 5.41) is 13.4. The summed E-state index contributed by atoms with van der Waals surface area (Å²) >= 11 is 0. The fourth-order valence-corrected chi connectivity index (χ4v) is 14.6. The number of nitrogens with zero attached hydrogens (tertiary/aromatic N) is 1. The Morgan fingerprint density at radius 3 is 2.38 bits per heavy atom. The Bertz CT molecular complexity index is 1310. The minimum atomic E-state index is -2.84. The molecule has 2 N–H and O–H groups in total. The van der Waals surface area contributed by atoms with Crippen LogP contribution in [0.4, 0.5) is 0 Å². The first-order valence-electron chi connectivity index (χ1n) is 20.3. The van der Waals surface area contributed by atoms with E-state index in [0.717, 1.165) is 37.3 Å². The molecule has 1 aliphatic heterocycles. The molecule has 6 heteroatoms. The molecule has 6 rings (SSSR count). The topological polar surface area (TPSA) is 69.6 Å². The highest BCUT2D eigenvalue weighted by Crippen LogP contribution is 2.74. The van der Waals surface area contributed by atoms with Gasteiger partial charge in [-0.05, 0) is 129 Å². The molecule has 5 saturated carbocycles. The summed E-state index contributed by atoms with van der Waals surface area (Å²) in [6.07, 6.45) is 22.0. The number of hydrogen-bond acceptors (Lipinski definition) is 5. The van der Waals surface area contributed by atoms with Gasteiger partial charge in [0, 0.05) is 38.3 Å². The van der Waals surface area contributed by atoms with Gasteiger partial charge in [-0.1, -0.05) is 84.1 Å². The lowest BCUT2D eigenvalue weighted by Gasteiger charge is -2.70. The van der Waals surface area contributed by atoms with Gasteiger partial charge in [0.1, 0.15) is 0 Å². The van der Waals surface area contributed by atoms with Gasteiger partial charge in [-0.25, -0.2) is 8.42 Å². The average molecular weight is 685 g/mol. The molecule has 0 aromatic rings. The quantitative estimate of drug-likeness (QED) is 0.150. The summed E-state index contributed by atoms with van der Waals surface area (Å²) in [5.74, 6) is 4.20. The van der Waals surface area contributed by atoms with Gasteiger partial charge in [-0.15, -0.1) is 0 Å². The second-order valence-corrected chi connectivity index (χ2v) is 21.5. The van der Waals surface area contributed by atoms with Crippen LogP contribution in [0, 0.1) is 51.2 Å². The molecule has 9 atom stereocenters. The molecule has 0 amide bonds. The largest absolute Gasteiger partial charge is 0.396 e. The monoisotopic (exact) mass is 685 g/mol. The first-order valence-corrected chi connectivity index (χ1v) is 22.1. The first-order chi connectivity index (χ1) is 22.6. The van der Waals surface area contributed by atoms with Crippen molar-refractivity contribution < 1.29 is 13.5 Å². The number of sulfone groups is 1. The van der Waals surface area contributed by atoms with E-state index in [1.54, 1.807) is 5.57 Å². The predicted octanol–water partition coefficient (Wildman–Crippen LogP) is 8.59. The Morgan fingerprint density at radius 2 is 1.67 bits per heavy atom. The molecule has 0 aromatic heterocycles. The number of fused-ring (bicyclic) bond motifs is 5. The number of nitrogens with one attached hydrogen (secondary N) is 1. The van der Waals surface area contributed by atoms with Crippen LogP contribution in [0.1, 0.15) is 138 Å².